The molecule has 0 aliphatic carbocycles. The van der Waals surface area contributed by atoms with Gasteiger partial charge in [-0.15, -0.1) is 11.3 Å². The van der Waals surface area contributed by atoms with Crippen molar-refractivity contribution in [2.75, 3.05) is 0 Å². The number of hydrogen-bond donors (Lipinski definition) is 1. The molecule has 0 bridgehead atoms. The molecule has 5 heteroatoms. The van der Waals surface area contributed by atoms with Gasteiger partial charge in [-0.3, -0.25) is 4.79 Å². The molecule has 4 nitrogen and oxygen atoms in total. The monoisotopic (exact) mass is 326 g/mol. The van der Waals surface area contributed by atoms with E-state index in [-0.39, 0.29) is 18.4 Å². The van der Waals surface area contributed by atoms with Crippen molar-refractivity contribution in [1.82, 2.24) is 10.5 Å². The number of benzene rings is 1. The molecule has 2 heterocycles. The van der Waals surface area contributed by atoms with Gasteiger partial charge in [0.25, 0.3) is 0 Å². The zero-order valence-electron chi connectivity index (χ0n) is 13.1. The fourth-order valence-corrected chi connectivity index (χ4v) is 3.35. The summed E-state index contributed by atoms with van der Waals surface area (Å²) in [5.74, 6) is 0.659. The molecular weight excluding hydrogens is 308 g/mol. The van der Waals surface area contributed by atoms with Gasteiger partial charge in [0.1, 0.15) is 5.76 Å². The lowest BCUT2D eigenvalue weighted by atomic mass is 10.0. The van der Waals surface area contributed by atoms with Crippen molar-refractivity contribution in [2.24, 2.45) is 0 Å². The zero-order valence-corrected chi connectivity index (χ0v) is 13.9. The van der Waals surface area contributed by atoms with Gasteiger partial charge < -0.3 is 9.84 Å². The lowest BCUT2D eigenvalue weighted by Crippen LogP contribution is -2.30. The Morgan fingerprint density at radius 2 is 2.00 bits per heavy atom. The van der Waals surface area contributed by atoms with Gasteiger partial charge in [0.2, 0.25) is 5.91 Å². The SMILES string of the molecule is Cc1noc(C)c1CC(=O)NC(c1ccccc1)c1cccs1. The van der Waals surface area contributed by atoms with E-state index in [1.54, 1.807) is 11.3 Å². The van der Waals surface area contributed by atoms with Crippen LogP contribution in [0.5, 0.6) is 0 Å². The molecule has 1 atom stereocenters. The zero-order chi connectivity index (χ0) is 16.2. The van der Waals surface area contributed by atoms with Gasteiger partial charge in [-0.1, -0.05) is 41.6 Å². The van der Waals surface area contributed by atoms with Crippen molar-refractivity contribution in [3.05, 3.63) is 75.3 Å². The molecule has 0 aliphatic heterocycles. The number of carbonyl (C=O) groups excluding carboxylic acids is 1. The Morgan fingerprint density at radius 3 is 2.61 bits per heavy atom. The second kappa shape index (κ2) is 6.79. The average molecular weight is 326 g/mol. The Kier molecular flexibility index (Phi) is 4.57. The summed E-state index contributed by atoms with van der Waals surface area (Å²) in [5, 5.41) is 9.05. The highest BCUT2D eigenvalue weighted by Gasteiger charge is 2.20. The molecule has 118 valence electrons. The molecule has 0 saturated heterocycles. The van der Waals surface area contributed by atoms with Gasteiger partial charge in [-0.05, 0) is 30.9 Å². The molecule has 0 aliphatic rings. The van der Waals surface area contributed by atoms with E-state index in [0.29, 0.717) is 5.76 Å². The maximum atomic E-state index is 12.5. The standard InChI is InChI=1S/C18H18N2O2S/c1-12-15(13(2)22-20-12)11-17(21)19-18(16-9-6-10-23-16)14-7-4-3-5-8-14/h3-10,18H,11H2,1-2H3,(H,19,21). The van der Waals surface area contributed by atoms with E-state index in [9.17, 15) is 4.79 Å². The molecule has 0 spiro atoms. The molecular formula is C18H18N2O2S. The number of nitrogens with one attached hydrogen (secondary N) is 1. The first-order chi connectivity index (χ1) is 11.1. The number of carbonyl (C=O) groups is 1. The summed E-state index contributed by atoms with van der Waals surface area (Å²) in [7, 11) is 0. The number of aromatic nitrogens is 1. The van der Waals surface area contributed by atoms with Crippen LogP contribution < -0.4 is 5.32 Å². The van der Waals surface area contributed by atoms with E-state index in [1.165, 1.54) is 0 Å². The number of aryl methyl sites for hydroxylation is 2. The van der Waals surface area contributed by atoms with Crippen LogP contribution in [-0.4, -0.2) is 11.1 Å². The van der Waals surface area contributed by atoms with Crippen molar-refractivity contribution in [2.45, 2.75) is 26.3 Å². The van der Waals surface area contributed by atoms with Gasteiger partial charge in [-0.25, -0.2) is 0 Å². The van der Waals surface area contributed by atoms with E-state index >= 15 is 0 Å². The van der Waals surface area contributed by atoms with E-state index in [4.69, 9.17) is 4.52 Å². The summed E-state index contributed by atoms with van der Waals surface area (Å²) in [6.45, 7) is 3.68. The van der Waals surface area contributed by atoms with Crippen LogP contribution >= 0.6 is 11.3 Å². The quantitative estimate of drug-likeness (QED) is 0.776. The number of rotatable bonds is 5. The van der Waals surface area contributed by atoms with Crippen molar-refractivity contribution >= 4 is 17.2 Å². The minimum atomic E-state index is -0.135. The summed E-state index contributed by atoms with van der Waals surface area (Å²) in [5.41, 5.74) is 2.70. The van der Waals surface area contributed by atoms with Crippen molar-refractivity contribution < 1.29 is 9.32 Å². The molecule has 2 aromatic heterocycles. The van der Waals surface area contributed by atoms with Gasteiger partial charge in [-0.2, -0.15) is 0 Å². The molecule has 1 amide bonds. The summed E-state index contributed by atoms with van der Waals surface area (Å²) in [6.07, 6.45) is 0.274. The minimum absolute atomic E-state index is 0.0401. The Morgan fingerprint density at radius 1 is 1.22 bits per heavy atom. The van der Waals surface area contributed by atoms with Crippen LogP contribution in [0.15, 0.2) is 52.4 Å². The summed E-state index contributed by atoms with van der Waals surface area (Å²) < 4.78 is 5.13. The fourth-order valence-electron chi connectivity index (χ4n) is 2.55. The van der Waals surface area contributed by atoms with E-state index in [1.807, 2.05) is 61.7 Å². The van der Waals surface area contributed by atoms with Crippen molar-refractivity contribution in [1.29, 1.82) is 0 Å². The summed E-state index contributed by atoms with van der Waals surface area (Å²) >= 11 is 1.64. The molecule has 0 saturated carbocycles. The maximum Gasteiger partial charge on any atom is 0.225 e. The molecule has 3 aromatic rings. The maximum absolute atomic E-state index is 12.5. The van der Waals surface area contributed by atoms with E-state index in [0.717, 1.165) is 21.7 Å². The van der Waals surface area contributed by atoms with Crippen LogP contribution in [0.1, 0.15) is 33.5 Å². The molecule has 1 unspecified atom stereocenters. The number of amides is 1. The molecule has 23 heavy (non-hydrogen) atoms. The Labute approximate surface area is 139 Å². The molecule has 0 radical (unpaired) electrons. The first-order valence-corrected chi connectivity index (χ1v) is 8.32. The lowest BCUT2D eigenvalue weighted by Gasteiger charge is -2.18. The van der Waals surface area contributed by atoms with Gasteiger partial charge in [0, 0.05) is 10.4 Å². The summed E-state index contributed by atoms with van der Waals surface area (Å²) in [4.78, 5) is 13.6. The second-order valence-electron chi connectivity index (χ2n) is 5.41. The highest BCUT2D eigenvalue weighted by atomic mass is 32.1. The fraction of sp³-hybridized carbons (Fsp3) is 0.222. The number of nitrogens with zero attached hydrogens (tertiary/aromatic N) is 1. The Hall–Kier alpha value is -2.40. The first-order valence-electron chi connectivity index (χ1n) is 7.44. The molecule has 3 rings (SSSR count). The van der Waals surface area contributed by atoms with Gasteiger partial charge in [0.15, 0.2) is 0 Å². The van der Waals surface area contributed by atoms with Gasteiger partial charge >= 0.3 is 0 Å². The van der Waals surface area contributed by atoms with Crippen LogP contribution in [0.3, 0.4) is 0 Å². The first kappa shape index (κ1) is 15.5. The topological polar surface area (TPSA) is 55.1 Å². The minimum Gasteiger partial charge on any atom is -0.361 e. The Bertz CT molecular complexity index is 759. The van der Waals surface area contributed by atoms with E-state index in [2.05, 4.69) is 10.5 Å². The summed E-state index contributed by atoms with van der Waals surface area (Å²) in [6, 6.07) is 13.9. The van der Waals surface area contributed by atoms with Crippen LogP contribution in [-0.2, 0) is 11.2 Å². The second-order valence-corrected chi connectivity index (χ2v) is 6.39. The third-order valence-electron chi connectivity index (χ3n) is 3.78. The molecule has 0 fully saturated rings. The van der Waals surface area contributed by atoms with Gasteiger partial charge in [0.05, 0.1) is 18.2 Å². The highest BCUT2D eigenvalue weighted by molar-refractivity contribution is 7.10. The normalized spacial score (nSPS) is 12.1. The largest absolute Gasteiger partial charge is 0.361 e. The van der Waals surface area contributed by atoms with Crippen LogP contribution in [0.25, 0.3) is 0 Å². The number of thiophene rings is 1. The smallest absolute Gasteiger partial charge is 0.225 e. The predicted molar refractivity (Wildman–Crippen MR) is 90.4 cm³/mol. The van der Waals surface area contributed by atoms with Crippen molar-refractivity contribution in [3.63, 3.8) is 0 Å². The Balaban J connectivity index is 1.80. The average Bonchev–Trinajstić information content (AvgIpc) is 3.19. The van der Waals surface area contributed by atoms with Crippen molar-refractivity contribution in [3.8, 4) is 0 Å². The molecule has 1 aromatic carbocycles. The van der Waals surface area contributed by atoms with Crippen LogP contribution in [0.4, 0.5) is 0 Å². The molecule has 1 N–H and O–H groups in total. The third-order valence-corrected chi connectivity index (χ3v) is 4.72. The number of hydrogen-bond acceptors (Lipinski definition) is 4. The van der Waals surface area contributed by atoms with Crippen LogP contribution in [0, 0.1) is 13.8 Å². The predicted octanol–water partition coefficient (Wildman–Crippen LogP) is 3.80. The lowest BCUT2D eigenvalue weighted by molar-refractivity contribution is -0.120. The van der Waals surface area contributed by atoms with Crippen LogP contribution in [0.2, 0.25) is 0 Å². The van der Waals surface area contributed by atoms with E-state index < -0.39 is 0 Å². The highest BCUT2D eigenvalue weighted by Crippen LogP contribution is 2.26. The third kappa shape index (κ3) is 3.51.